The van der Waals surface area contributed by atoms with E-state index in [-0.39, 0.29) is 22.4 Å². The third-order valence-electron chi connectivity index (χ3n) is 7.32. The zero-order valence-electron chi connectivity index (χ0n) is 24.3. The molecule has 0 spiro atoms. The van der Waals surface area contributed by atoms with Crippen LogP contribution in [0.3, 0.4) is 0 Å². The van der Waals surface area contributed by atoms with Crippen molar-refractivity contribution in [2.75, 3.05) is 29.5 Å². The maximum absolute atomic E-state index is 14.3. The average Bonchev–Trinajstić information content (AvgIpc) is 3.20. The fourth-order valence-corrected chi connectivity index (χ4v) is 5.21. The van der Waals surface area contributed by atoms with Gasteiger partial charge in [0.1, 0.15) is 11.5 Å². The Hall–Kier alpha value is -4.20. The third-order valence-corrected chi connectivity index (χ3v) is 7.32. The summed E-state index contributed by atoms with van der Waals surface area (Å²) < 4.78 is 33.9. The van der Waals surface area contributed by atoms with Crippen LogP contribution in [0.5, 0.6) is 5.75 Å². The summed E-state index contributed by atoms with van der Waals surface area (Å²) in [5.41, 5.74) is 2.16. The first-order chi connectivity index (χ1) is 19.4. The molecule has 0 aliphatic carbocycles. The van der Waals surface area contributed by atoms with Crippen LogP contribution in [0.25, 0.3) is 5.76 Å². The number of benzene rings is 3. The van der Waals surface area contributed by atoms with Crippen LogP contribution in [0.4, 0.5) is 20.2 Å². The molecule has 216 valence electrons. The number of hydrogen-bond acceptors (Lipinski definition) is 5. The molecule has 8 heteroatoms. The van der Waals surface area contributed by atoms with Crippen molar-refractivity contribution >= 4 is 28.8 Å². The van der Waals surface area contributed by atoms with Crippen molar-refractivity contribution in [2.24, 2.45) is 0 Å². The van der Waals surface area contributed by atoms with Crippen LogP contribution in [0.1, 0.15) is 64.3 Å². The molecule has 1 unspecified atom stereocenters. The molecule has 3 aromatic carbocycles. The van der Waals surface area contributed by atoms with E-state index in [1.807, 2.05) is 53.7 Å². The van der Waals surface area contributed by atoms with Gasteiger partial charge in [-0.05, 0) is 74.2 Å². The second kappa shape index (κ2) is 11.7. The summed E-state index contributed by atoms with van der Waals surface area (Å²) >= 11 is 0. The fourth-order valence-electron chi connectivity index (χ4n) is 5.21. The Bertz CT molecular complexity index is 1490. The summed E-state index contributed by atoms with van der Waals surface area (Å²) in [6.45, 7) is 14.0. The van der Waals surface area contributed by atoms with E-state index in [4.69, 9.17) is 4.74 Å². The number of rotatable bonds is 8. The van der Waals surface area contributed by atoms with Gasteiger partial charge in [0.2, 0.25) is 0 Å². The summed E-state index contributed by atoms with van der Waals surface area (Å²) in [5.74, 6) is -3.80. The van der Waals surface area contributed by atoms with Gasteiger partial charge in [-0.25, -0.2) is 8.78 Å². The Kier molecular flexibility index (Phi) is 8.52. The highest BCUT2D eigenvalue weighted by molar-refractivity contribution is 6.51. The maximum Gasteiger partial charge on any atom is 0.300 e. The van der Waals surface area contributed by atoms with Gasteiger partial charge in [0.05, 0.1) is 18.2 Å². The van der Waals surface area contributed by atoms with Crippen LogP contribution in [-0.2, 0) is 15.0 Å². The fraction of sp³-hybridized carbons (Fsp3) is 0.333. The quantitative estimate of drug-likeness (QED) is 0.180. The number of Topliss-reactive ketones (excluding diaryl/α,β-unsaturated/α-hetero) is 1. The number of carbonyl (C=O) groups is 2. The number of carbonyl (C=O) groups excluding carboxylic acids is 2. The molecule has 1 aliphatic heterocycles. The molecule has 1 saturated heterocycles. The summed E-state index contributed by atoms with van der Waals surface area (Å²) in [4.78, 5) is 30.3. The minimum atomic E-state index is -1.15. The lowest BCUT2D eigenvalue weighted by atomic mass is 9.84. The van der Waals surface area contributed by atoms with Crippen molar-refractivity contribution in [3.8, 4) is 5.75 Å². The first kappa shape index (κ1) is 29.8. The first-order valence-electron chi connectivity index (χ1n) is 13.8. The lowest BCUT2D eigenvalue weighted by molar-refractivity contribution is -0.132. The standard InChI is InChI=1S/C33H36F2N2O4/c1-7-36(8-2)22-13-10-20(11-14-22)29-28(31(39)32(40)37(29)23-15-16-25(34)26(35)19-23)30(38)21-12-17-27(41-9-3)24(18-21)33(4,5)6/h10-19,29,38H,7-9H2,1-6H3/b30-28-. The number of ketones is 1. The van der Waals surface area contributed by atoms with Crippen LogP contribution in [-0.4, -0.2) is 36.5 Å². The Morgan fingerprint density at radius 2 is 1.59 bits per heavy atom. The number of hydrogen-bond donors (Lipinski definition) is 1. The van der Waals surface area contributed by atoms with E-state index >= 15 is 0 Å². The highest BCUT2D eigenvalue weighted by Crippen LogP contribution is 2.43. The number of aliphatic hydroxyl groups is 1. The minimum absolute atomic E-state index is 0.00458. The molecule has 1 fully saturated rings. The van der Waals surface area contributed by atoms with Gasteiger partial charge in [0.25, 0.3) is 11.7 Å². The molecule has 1 aliphatic rings. The van der Waals surface area contributed by atoms with Gasteiger partial charge in [-0.3, -0.25) is 14.5 Å². The van der Waals surface area contributed by atoms with Gasteiger partial charge in [0, 0.05) is 41.7 Å². The normalized spacial score (nSPS) is 16.8. The van der Waals surface area contributed by atoms with Crippen LogP contribution >= 0.6 is 0 Å². The first-order valence-corrected chi connectivity index (χ1v) is 13.8. The van der Waals surface area contributed by atoms with E-state index < -0.39 is 29.4 Å². The van der Waals surface area contributed by atoms with Crippen molar-refractivity contribution in [3.63, 3.8) is 0 Å². The number of amides is 1. The van der Waals surface area contributed by atoms with Crippen LogP contribution < -0.4 is 14.5 Å². The predicted molar refractivity (Wildman–Crippen MR) is 157 cm³/mol. The second-order valence-corrected chi connectivity index (χ2v) is 10.9. The molecule has 1 atom stereocenters. The van der Waals surface area contributed by atoms with E-state index in [2.05, 4.69) is 4.90 Å². The molecule has 0 bridgehead atoms. The van der Waals surface area contributed by atoms with Crippen LogP contribution in [0, 0.1) is 11.6 Å². The van der Waals surface area contributed by atoms with Gasteiger partial charge in [-0.2, -0.15) is 0 Å². The topological polar surface area (TPSA) is 70.1 Å². The molecule has 6 nitrogen and oxygen atoms in total. The second-order valence-electron chi connectivity index (χ2n) is 10.9. The monoisotopic (exact) mass is 562 g/mol. The molecule has 3 aromatic rings. The lowest BCUT2D eigenvalue weighted by Gasteiger charge is -2.27. The van der Waals surface area contributed by atoms with Crippen LogP contribution in [0.2, 0.25) is 0 Å². The van der Waals surface area contributed by atoms with Gasteiger partial charge in [0.15, 0.2) is 11.6 Å². The Morgan fingerprint density at radius 1 is 0.927 bits per heavy atom. The zero-order valence-corrected chi connectivity index (χ0v) is 24.3. The van der Waals surface area contributed by atoms with E-state index in [0.717, 1.165) is 41.4 Å². The minimum Gasteiger partial charge on any atom is -0.507 e. The van der Waals surface area contributed by atoms with Crippen molar-refractivity contribution in [2.45, 2.75) is 53.0 Å². The smallest absolute Gasteiger partial charge is 0.300 e. The largest absolute Gasteiger partial charge is 0.507 e. The Balaban J connectivity index is 1.94. The summed E-state index contributed by atoms with van der Waals surface area (Å²) in [7, 11) is 0. The molecule has 1 heterocycles. The van der Waals surface area contributed by atoms with E-state index in [1.165, 1.54) is 6.07 Å². The molecular weight excluding hydrogens is 526 g/mol. The molecule has 0 aromatic heterocycles. The third kappa shape index (κ3) is 5.69. The number of nitrogens with zero attached hydrogens (tertiary/aromatic N) is 2. The molecular formula is C33H36F2N2O4. The molecule has 4 rings (SSSR count). The summed E-state index contributed by atoms with van der Waals surface area (Å²) in [5, 5.41) is 11.6. The number of aliphatic hydroxyl groups excluding tert-OH is 1. The Morgan fingerprint density at radius 3 is 2.15 bits per heavy atom. The highest BCUT2D eigenvalue weighted by Gasteiger charge is 2.47. The number of halogens is 2. The predicted octanol–water partition coefficient (Wildman–Crippen LogP) is 7.13. The molecule has 41 heavy (non-hydrogen) atoms. The molecule has 1 N–H and O–H groups in total. The van der Waals surface area contributed by atoms with Crippen molar-refractivity contribution < 1.29 is 28.2 Å². The van der Waals surface area contributed by atoms with Crippen molar-refractivity contribution in [1.82, 2.24) is 0 Å². The van der Waals surface area contributed by atoms with Gasteiger partial charge in [-0.1, -0.05) is 32.9 Å². The van der Waals surface area contributed by atoms with Crippen LogP contribution in [0.15, 0.2) is 66.2 Å². The van der Waals surface area contributed by atoms with Crippen molar-refractivity contribution in [3.05, 3.63) is 94.6 Å². The molecule has 0 radical (unpaired) electrons. The highest BCUT2D eigenvalue weighted by atomic mass is 19.2. The summed E-state index contributed by atoms with van der Waals surface area (Å²) in [6.07, 6.45) is 0. The van der Waals surface area contributed by atoms with Gasteiger partial charge < -0.3 is 14.7 Å². The van der Waals surface area contributed by atoms with E-state index in [0.29, 0.717) is 23.5 Å². The van der Waals surface area contributed by atoms with E-state index in [1.54, 1.807) is 30.3 Å². The molecule has 1 amide bonds. The Labute approximate surface area is 239 Å². The molecule has 0 saturated carbocycles. The summed E-state index contributed by atoms with van der Waals surface area (Å²) in [6, 6.07) is 14.4. The zero-order chi connectivity index (χ0) is 30.1. The maximum atomic E-state index is 14.3. The van der Waals surface area contributed by atoms with Gasteiger partial charge >= 0.3 is 0 Å². The number of anilines is 2. The SMILES string of the molecule is CCOc1ccc(/C(O)=C2/C(=O)C(=O)N(c3ccc(F)c(F)c3)C2c2ccc(N(CC)CC)cc2)cc1C(C)(C)C. The van der Waals surface area contributed by atoms with E-state index in [9.17, 15) is 23.5 Å². The van der Waals surface area contributed by atoms with Gasteiger partial charge in [-0.15, -0.1) is 0 Å². The average molecular weight is 563 g/mol. The lowest BCUT2D eigenvalue weighted by Crippen LogP contribution is -2.29. The number of ether oxygens (including phenoxy) is 1. The van der Waals surface area contributed by atoms with Crippen molar-refractivity contribution in [1.29, 1.82) is 0 Å².